The molecule has 3 nitrogen and oxygen atoms in total. The van der Waals surface area contributed by atoms with Crippen LogP contribution in [0.3, 0.4) is 0 Å². The molecule has 1 aliphatic rings. The van der Waals surface area contributed by atoms with Gasteiger partial charge in [-0.1, -0.05) is 6.07 Å². The van der Waals surface area contributed by atoms with Crippen LogP contribution in [0.25, 0.3) is 0 Å². The van der Waals surface area contributed by atoms with Gasteiger partial charge in [-0.25, -0.2) is 0 Å². The lowest BCUT2D eigenvalue weighted by Crippen LogP contribution is -2.49. The second-order valence-electron chi connectivity index (χ2n) is 5.52. The number of rotatable bonds is 5. The lowest BCUT2D eigenvalue weighted by Gasteiger charge is -2.34. The molecule has 0 amide bonds. The van der Waals surface area contributed by atoms with E-state index in [9.17, 15) is 13.2 Å². The Bertz CT molecular complexity index is 488. The Kier molecular flexibility index (Phi) is 6.11. The first-order valence-electron chi connectivity index (χ1n) is 7.24. The summed E-state index contributed by atoms with van der Waals surface area (Å²) in [5, 5.41) is 0. The smallest absolute Gasteiger partial charge is 0.401 e. The van der Waals surface area contributed by atoms with E-state index in [1.54, 1.807) is 0 Å². The zero-order valence-electron chi connectivity index (χ0n) is 12.5. The summed E-state index contributed by atoms with van der Waals surface area (Å²) in [5.41, 5.74) is 1.12. The molecule has 0 spiro atoms. The van der Waals surface area contributed by atoms with Crippen molar-refractivity contribution in [3.63, 3.8) is 0 Å². The highest BCUT2D eigenvalue weighted by Gasteiger charge is 2.31. The minimum Gasteiger partial charge on any atom is -0.491 e. The predicted octanol–water partition coefficient (Wildman–Crippen LogP) is 3.32. The van der Waals surface area contributed by atoms with Crippen molar-refractivity contribution < 1.29 is 17.9 Å². The molecule has 0 saturated carbocycles. The molecule has 0 N–H and O–H groups in total. The third-order valence-electron chi connectivity index (χ3n) is 3.62. The Labute approximate surface area is 137 Å². The van der Waals surface area contributed by atoms with Crippen molar-refractivity contribution in [2.75, 3.05) is 45.9 Å². The summed E-state index contributed by atoms with van der Waals surface area (Å²) in [5.74, 6) is 0.802. The average Bonchev–Trinajstić information content (AvgIpc) is 2.43. The minimum absolute atomic E-state index is 0.452. The van der Waals surface area contributed by atoms with Gasteiger partial charge in [-0.15, -0.1) is 0 Å². The lowest BCUT2D eigenvalue weighted by atomic mass is 10.2. The fraction of sp³-hybridized carbons (Fsp3) is 0.600. The molecule has 0 aliphatic carbocycles. The summed E-state index contributed by atoms with van der Waals surface area (Å²) in [7, 11) is 0. The van der Waals surface area contributed by atoms with Gasteiger partial charge in [-0.05, 0) is 40.5 Å². The van der Waals surface area contributed by atoms with E-state index in [1.165, 1.54) is 4.90 Å². The summed E-state index contributed by atoms with van der Waals surface area (Å²) in [4.78, 5) is 3.59. The number of aryl methyl sites for hydroxylation is 1. The largest absolute Gasteiger partial charge is 0.491 e. The SMILES string of the molecule is Cc1ccc(Br)c(OCCN2CCN(CC(F)(F)F)CC2)c1. The normalized spacial score (nSPS) is 17.7. The van der Waals surface area contributed by atoms with Gasteiger partial charge in [0.25, 0.3) is 0 Å². The lowest BCUT2D eigenvalue weighted by molar-refractivity contribution is -0.149. The molecule has 124 valence electrons. The molecule has 1 aliphatic heterocycles. The van der Waals surface area contributed by atoms with Gasteiger partial charge in [0, 0.05) is 32.7 Å². The second-order valence-corrected chi connectivity index (χ2v) is 6.37. The quantitative estimate of drug-likeness (QED) is 0.779. The highest BCUT2D eigenvalue weighted by molar-refractivity contribution is 9.10. The zero-order chi connectivity index (χ0) is 16.2. The van der Waals surface area contributed by atoms with Crippen molar-refractivity contribution in [3.8, 4) is 5.75 Å². The first-order valence-corrected chi connectivity index (χ1v) is 8.03. The van der Waals surface area contributed by atoms with E-state index in [1.807, 2.05) is 25.1 Å². The maximum atomic E-state index is 12.3. The molecule has 0 atom stereocenters. The molecule has 0 bridgehead atoms. The van der Waals surface area contributed by atoms with Gasteiger partial charge in [0.15, 0.2) is 0 Å². The third-order valence-corrected chi connectivity index (χ3v) is 4.27. The van der Waals surface area contributed by atoms with Crippen LogP contribution >= 0.6 is 15.9 Å². The van der Waals surface area contributed by atoms with Gasteiger partial charge in [-0.3, -0.25) is 9.80 Å². The standard InChI is InChI=1S/C15H20BrF3N2O/c1-12-2-3-13(16)14(10-12)22-9-8-20-4-6-21(7-5-20)11-15(17,18)19/h2-3,10H,4-9,11H2,1H3. The number of hydrogen-bond donors (Lipinski definition) is 0. The van der Waals surface area contributed by atoms with Gasteiger partial charge < -0.3 is 4.74 Å². The van der Waals surface area contributed by atoms with Crippen LogP contribution < -0.4 is 4.74 Å². The van der Waals surface area contributed by atoms with Crippen LogP contribution in [0.2, 0.25) is 0 Å². The summed E-state index contributed by atoms with van der Waals surface area (Å²) in [6.45, 7) is 4.64. The van der Waals surface area contributed by atoms with E-state index in [0.29, 0.717) is 32.8 Å². The Morgan fingerprint density at radius 2 is 1.77 bits per heavy atom. The second kappa shape index (κ2) is 7.66. The monoisotopic (exact) mass is 380 g/mol. The van der Waals surface area contributed by atoms with Gasteiger partial charge in [-0.2, -0.15) is 13.2 Å². The van der Waals surface area contributed by atoms with Crippen molar-refractivity contribution in [2.45, 2.75) is 13.1 Å². The van der Waals surface area contributed by atoms with E-state index in [0.717, 1.165) is 22.3 Å². The molecule has 7 heteroatoms. The fourth-order valence-electron chi connectivity index (χ4n) is 2.43. The summed E-state index contributed by atoms with van der Waals surface area (Å²) in [6, 6.07) is 5.91. The fourth-order valence-corrected chi connectivity index (χ4v) is 2.79. The van der Waals surface area contributed by atoms with Crippen LogP contribution in [-0.4, -0.2) is 61.9 Å². The molecule has 1 saturated heterocycles. The molecule has 0 radical (unpaired) electrons. The zero-order valence-corrected chi connectivity index (χ0v) is 14.1. The number of piperazine rings is 1. The van der Waals surface area contributed by atoms with Crippen molar-refractivity contribution in [1.29, 1.82) is 0 Å². The Hall–Kier alpha value is -0.790. The molecule has 1 fully saturated rings. The first-order chi connectivity index (χ1) is 10.3. The van der Waals surface area contributed by atoms with E-state index in [2.05, 4.69) is 20.8 Å². The number of nitrogens with zero attached hydrogens (tertiary/aromatic N) is 2. The number of benzene rings is 1. The number of ether oxygens (including phenoxy) is 1. The van der Waals surface area contributed by atoms with E-state index >= 15 is 0 Å². The van der Waals surface area contributed by atoms with Crippen LogP contribution in [0, 0.1) is 6.92 Å². The molecule has 1 aromatic rings. The van der Waals surface area contributed by atoms with E-state index in [-0.39, 0.29) is 0 Å². The summed E-state index contributed by atoms with van der Waals surface area (Å²) in [6.07, 6.45) is -4.11. The highest BCUT2D eigenvalue weighted by atomic mass is 79.9. The highest BCUT2D eigenvalue weighted by Crippen LogP contribution is 2.25. The van der Waals surface area contributed by atoms with E-state index < -0.39 is 12.7 Å². The minimum atomic E-state index is -4.11. The van der Waals surface area contributed by atoms with Crippen molar-refractivity contribution in [2.24, 2.45) is 0 Å². The van der Waals surface area contributed by atoms with Gasteiger partial charge in [0.2, 0.25) is 0 Å². The number of alkyl halides is 3. The van der Waals surface area contributed by atoms with Gasteiger partial charge in [0.05, 0.1) is 11.0 Å². The van der Waals surface area contributed by atoms with Crippen LogP contribution in [0.1, 0.15) is 5.56 Å². The molecular formula is C15H20BrF3N2O. The van der Waals surface area contributed by atoms with Gasteiger partial charge >= 0.3 is 6.18 Å². The molecular weight excluding hydrogens is 361 g/mol. The maximum absolute atomic E-state index is 12.3. The average molecular weight is 381 g/mol. The molecule has 0 aromatic heterocycles. The molecule has 0 unspecified atom stereocenters. The van der Waals surface area contributed by atoms with Crippen molar-refractivity contribution in [1.82, 2.24) is 9.80 Å². The summed E-state index contributed by atoms with van der Waals surface area (Å²) >= 11 is 3.44. The Balaban J connectivity index is 1.70. The Morgan fingerprint density at radius 1 is 1.14 bits per heavy atom. The molecule has 1 aromatic carbocycles. The number of hydrogen-bond acceptors (Lipinski definition) is 3. The molecule has 2 rings (SSSR count). The first kappa shape index (κ1) is 17.6. The topological polar surface area (TPSA) is 15.7 Å². The van der Waals surface area contributed by atoms with Crippen LogP contribution in [0.5, 0.6) is 5.75 Å². The van der Waals surface area contributed by atoms with Gasteiger partial charge in [0.1, 0.15) is 12.4 Å². The molecule has 1 heterocycles. The number of halogens is 4. The van der Waals surface area contributed by atoms with Crippen LogP contribution in [-0.2, 0) is 0 Å². The Morgan fingerprint density at radius 3 is 2.41 bits per heavy atom. The third kappa shape index (κ3) is 5.78. The predicted molar refractivity (Wildman–Crippen MR) is 83.3 cm³/mol. The summed E-state index contributed by atoms with van der Waals surface area (Å²) < 4.78 is 43.6. The maximum Gasteiger partial charge on any atom is 0.401 e. The van der Waals surface area contributed by atoms with Crippen molar-refractivity contribution >= 4 is 15.9 Å². The van der Waals surface area contributed by atoms with Crippen molar-refractivity contribution in [3.05, 3.63) is 28.2 Å². The van der Waals surface area contributed by atoms with Crippen LogP contribution in [0.4, 0.5) is 13.2 Å². The molecule has 22 heavy (non-hydrogen) atoms. The van der Waals surface area contributed by atoms with E-state index in [4.69, 9.17) is 4.74 Å². The van der Waals surface area contributed by atoms with Crippen LogP contribution in [0.15, 0.2) is 22.7 Å².